The van der Waals surface area contributed by atoms with Crippen molar-refractivity contribution in [3.8, 4) is 0 Å². The zero-order valence-corrected chi connectivity index (χ0v) is 20.7. The highest BCUT2D eigenvalue weighted by Gasteiger charge is 2.58. The number of alkyl halides is 2. The number of nitrogens with one attached hydrogen (secondary N) is 1. The summed E-state index contributed by atoms with van der Waals surface area (Å²) in [5, 5.41) is 13.6. The van der Waals surface area contributed by atoms with E-state index in [-0.39, 0.29) is 28.9 Å². The average molecular weight is 472 g/mol. The fraction of sp³-hybridized carbons (Fsp3) is 0.880. The molecule has 0 aromatic heterocycles. The van der Waals surface area contributed by atoms with Gasteiger partial charge in [-0.2, -0.15) is 0 Å². The predicted molar refractivity (Wildman–Crippen MR) is 128 cm³/mol. The third-order valence-electron chi connectivity index (χ3n) is 9.58. The van der Waals surface area contributed by atoms with E-state index in [0.717, 1.165) is 38.0 Å². The van der Waals surface area contributed by atoms with Gasteiger partial charge >= 0.3 is 0 Å². The lowest BCUT2D eigenvalue weighted by molar-refractivity contribution is -0.124. The van der Waals surface area contributed by atoms with Crippen LogP contribution in [0.25, 0.3) is 0 Å². The molecule has 0 bridgehead atoms. The van der Waals surface area contributed by atoms with Crippen molar-refractivity contribution >= 4 is 29.1 Å². The molecule has 31 heavy (non-hydrogen) atoms. The number of hydrogen-bond donors (Lipinski definition) is 2. The van der Waals surface area contributed by atoms with Crippen LogP contribution in [-0.4, -0.2) is 59.5 Å². The van der Waals surface area contributed by atoms with Gasteiger partial charge in [-0.3, -0.25) is 9.69 Å². The predicted octanol–water partition coefficient (Wildman–Crippen LogP) is 4.57. The lowest BCUT2D eigenvalue weighted by Gasteiger charge is -2.58. The van der Waals surface area contributed by atoms with Crippen molar-refractivity contribution in [1.29, 1.82) is 0 Å². The fourth-order valence-electron chi connectivity index (χ4n) is 7.83. The second-order valence-corrected chi connectivity index (χ2v) is 11.8. The second-order valence-electron chi connectivity index (χ2n) is 11.1. The Morgan fingerprint density at radius 1 is 1.13 bits per heavy atom. The van der Waals surface area contributed by atoms with Crippen LogP contribution in [0.5, 0.6) is 0 Å². The molecule has 0 unspecified atom stereocenters. The van der Waals surface area contributed by atoms with Gasteiger partial charge in [0.25, 0.3) is 0 Å². The summed E-state index contributed by atoms with van der Waals surface area (Å²) in [4.78, 5) is 14.9. The summed E-state index contributed by atoms with van der Waals surface area (Å²) < 4.78 is 0. The molecule has 4 aliphatic rings. The highest BCUT2D eigenvalue weighted by molar-refractivity contribution is 6.18. The minimum atomic E-state index is -0.145. The van der Waals surface area contributed by atoms with Crippen molar-refractivity contribution in [2.45, 2.75) is 77.4 Å². The van der Waals surface area contributed by atoms with Crippen molar-refractivity contribution in [3.63, 3.8) is 0 Å². The quantitative estimate of drug-likeness (QED) is 0.422. The molecule has 4 rings (SSSR count). The monoisotopic (exact) mass is 470 g/mol. The summed E-state index contributed by atoms with van der Waals surface area (Å²) in [6, 6.07) is 0.270. The summed E-state index contributed by atoms with van der Waals surface area (Å²) in [7, 11) is 0. The van der Waals surface area contributed by atoms with Crippen molar-refractivity contribution in [3.05, 3.63) is 11.6 Å². The Morgan fingerprint density at radius 3 is 2.58 bits per heavy atom. The van der Waals surface area contributed by atoms with Crippen LogP contribution in [0.2, 0.25) is 0 Å². The van der Waals surface area contributed by atoms with E-state index < -0.39 is 0 Å². The van der Waals surface area contributed by atoms with Gasteiger partial charge in [0.2, 0.25) is 5.91 Å². The summed E-state index contributed by atoms with van der Waals surface area (Å²) >= 11 is 11.8. The largest absolute Gasteiger partial charge is 0.393 e. The molecule has 0 aliphatic heterocycles. The first kappa shape index (κ1) is 23.9. The lowest BCUT2D eigenvalue weighted by Crippen LogP contribution is -2.54. The van der Waals surface area contributed by atoms with Gasteiger partial charge in [-0.1, -0.05) is 25.5 Å². The molecule has 3 fully saturated rings. The molecule has 0 aromatic rings. The molecule has 7 atom stereocenters. The standard InChI is InChI=1S/C25H40Cl2N2O2/c1-24-9-7-18(30)15-17(24)3-4-19-20-5-6-22(25(20,2)10-8-21(19)24)28-23(31)16-29(13-11-26)14-12-27/h3,18-22,30H,4-16H2,1-2H3,(H,28,31)/t18-,19+,20+,21+,22+,24+,25+/m1/s1. The summed E-state index contributed by atoms with van der Waals surface area (Å²) in [6.07, 6.45) is 11.2. The van der Waals surface area contributed by atoms with Crippen molar-refractivity contribution in [2.24, 2.45) is 28.6 Å². The van der Waals surface area contributed by atoms with Crippen LogP contribution in [0.1, 0.15) is 65.2 Å². The van der Waals surface area contributed by atoms with Crippen LogP contribution in [0, 0.1) is 28.6 Å². The molecule has 2 N–H and O–H groups in total. The van der Waals surface area contributed by atoms with Crippen molar-refractivity contribution < 1.29 is 9.90 Å². The molecule has 0 spiro atoms. The highest BCUT2D eigenvalue weighted by atomic mass is 35.5. The lowest BCUT2D eigenvalue weighted by atomic mass is 9.48. The smallest absolute Gasteiger partial charge is 0.234 e. The topological polar surface area (TPSA) is 52.6 Å². The first-order valence-corrected chi connectivity index (χ1v) is 13.4. The highest BCUT2D eigenvalue weighted by Crippen LogP contribution is 2.64. The van der Waals surface area contributed by atoms with Crippen molar-refractivity contribution in [1.82, 2.24) is 10.2 Å². The van der Waals surface area contributed by atoms with Crippen LogP contribution in [0.4, 0.5) is 0 Å². The first-order chi connectivity index (χ1) is 14.8. The van der Waals surface area contributed by atoms with Crippen LogP contribution in [-0.2, 0) is 4.79 Å². The van der Waals surface area contributed by atoms with Gasteiger partial charge in [-0.05, 0) is 80.0 Å². The molecule has 176 valence electrons. The van der Waals surface area contributed by atoms with Gasteiger partial charge in [0, 0.05) is 30.9 Å². The Morgan fingerprint density at radius 2 is 1.87 bits per heavy atom. The zero-order valence-electron chi connectivity index (χ0n) is 19.2. The van der Waals surface area contributed by atoms with Gasteiger partial charge in [0.15, 0.2) is 0 Å². The van der Waals surface area contributed by atoms with E-state index in [1.807, 2.05) is 4.90 Å². The number of allylic oxidation sites excluding steroid dienone is 1. The molecule has 0 radical (unpaired) electrons. The Hall–Kier alpha value is -0.290. The molecule has 0 saturated heterocycles. The number of carbonyl (C=O) groups excluding carboxylic acids is 1. The third kappa shape index (κ3) is 4.44. The fourth-order valence-corrected chi connectivity index (χ4v) is 8.31. The number of rotatable bonds is 7. The van der Waals surface area contributed by atoms with Gasteiger partial charge in [0.05, 0.1) is 12.6 Å². The second kappa shape index (κ2) is 9.52. The van der Waals surface area contributed by atoms with Gasteiger partial charge < -0.3 is 10.4 Å². The molecule has 0 heterocycles. The van der Waals surface area contributed by atoms with Crippen LogP contribution in [0.15, 0.2) is 11.6 Å². The van der Waals surface area contributed by atoms with E-state index in [1.165, 1.54) is 24.8 Å². The van der Waals surface area contributed by atoms with Gasteiger partial charge in [0.1, 0.15) is 0 Å². The van der Waals surface area contributed by atoms with E-state index in [9.17, 15) is 9.90 Å². The summed E-state index contributed by atoms with van der Waals surface area (Å²) in [6.45, 7) is 6.68. The average Bonchev–Trinajstić information content (AvgIpc) is 3.05. The molecule has 4 nitrogen and oxygen atoms in total. The molecular weight excluding hydrogens is 431 g/mol. The van der Waals surface area contributed by atoms with E-state index >= 15 is 0 Å². The maximum Gasteiger partial charge on any atom is 0.234 e. The van der Waals surface area contributed by atoms with Crippen LogP contribution >= 0.6 is 23.2 Å². The van der Waals surface area contributed by atoms with Gasteiger partial charge in [-0.25, -0.2) is 0 Å². The molecule has 0 aromatic carbocycles. The molecule has 1 amide bonds. The summed E-state index contributed by atoms with van der Waals surface area (Å²) in [5.41, 5.74) is 1.99. The molecule has 6 heteroatoms. The first-order valence-electron chi connectivity index (χ1n) is 12.3. The van der Waals surface area contributed by atoms with E-state index in [2.05, 4.69) is 25.2 Å². The third-order valence-corrected chi connectivity index (χ3v) is 9.92. The van der Waals surface area contributed by atoms with Crippen molar-refractivity contribution in [2.75, 3.05) is 31.4 Å². The Labute approximate surface area is 198 Å². The number of nitrogens with zero attached hydrogens (tertiary/aromatic N) is 1. The number of carbonyl (C=O) groups is 1. The molecule has 3 saturated carbocycles. The van der Waals surface area contributed by atoms with E-state index in [4.69, 9.17) is 23.2 Å². The van der Waals surface area contributed by atoms with Crippen LogP contribution in [0.3, 0.4) is 0 Å². The zero-order chi connectivity index (χ0) is 22.2. The number of aliphatic hydroxyl groups is 1. The van der Waals surface area contributed by atoms with Crippen LogP contribution < -0.4 is 5.32 Å². The number of hydrogen-bond acceptors (Lipinski definition) is 3. The number of amides is 1. The number of fused-ring (bicyclic) bond motifs is 5. The maximum absolute atomic E-state index is 12.9. The normalized spacial score (nSPS) is 41.9. The number of aliphatic hydroxyl groups excluding tert-OH is 1. The van der Waals surface area contributed by atoms with E-state index in [1.54, 1.807) is 0 Å². The van der Waals surface area contributed by atoms with E-state index in [0.29, 0.717) is 43.2 Å². The maximum atomic E-state index is 12.9. The van der Waals surface area contributed by atoms with Gasteiger partial charge in [-0.15, -0.1) is 23.2 Å². The minimum absolute atomic E-state index is 0.114. The number of halogens is 2. The molecule has 4 aliphatic carbocycles. The Bertz CT molecular complexity index is 695. The minimum Gasteiger partial charge on any atom is -0.393 e. The molecular formula is C25H40Cl2N2O2. The SMILES string of the molecule is C[C@]12CC[C@H]3[C@@H](CC=C4C[C@H](O)CC[C@@]43C)[C@@H]1CC[C@@H]2NC(=O)CN(CCCl)CCCl. The Balaban J connectivity index is 1.44. The Kier molecular flexibility index (Phi) is 7.33. The summed E-state index contributed by atoms with van der Waals surface area (Å²) in [5.74, 6) is 3.27.